The van der Waals surface area contributed by atoms with Gasteiger partial charge in [0.1, 0.15) is 0 Å². The van der Waals surface area contributed by atoms with Crippen molar-refractivity contribution in [1.82, 2.24) is 9.80 Å². The normalized spacial score (nSPS) is 23.8. The van der Waals surface area contributed by atoms with Crippen molar-refractivity contribution in [1.29, 1.82) is 5.26 Å². The second kappa shape index (κ2) is 8.01. The van der Waals surface area contributed by atoms with Gasteiger partial charge in [0.2, 0.25) is 5.91 Å². The van der Waals surface area contributed by atoms with Crippen LogP contribution in [0.3, 0.4) is 0 Å². The van der Waals surface area contributed by atoms with E-state index in [2.05, 4.69) is 18.0 Å². The Morgan fingerprint density at radius 3 is 2.56 bits per heavy atom. The van der Waals surface area contributed by atoms with Gasteiger partial charge in [-0.25, -0.2) is 0 Å². The fourth-order valence-electron chi connectivity index (χ4n) is 4.32. The highest BCUT2D eigenvalue weighted by molar-refractivity contribution is 5.76. The zero-order chi connectivity index (χ0) is 17.7. The monoisotopic (exact) mass is 339 g/mol. The number of carbonyl (C=O) groups is 1. The van der Waals surface area contributed by atoms with Crippen LogP contribution in [0.4, 0.5) is 0 Å². The predicted molar refractivity (Wildman–Crippen MR) is 99.1 cm³/mol. The van der Waals surface area contributed by atoms with Gasteiger partial charge in [-0.2, -0.15) is 5.26 Å². The van der Waals surface area contributed by atoms with Crippen molar-refractivity contribution in [3.8, 4) is 6.07 Å². The highest BCUT2D eigenvalue weighted by Crippen LogP contribution is 2.35. The van der Waals surface area contributed by atoms with E-state index in [0.717, 1.165) is 31.4 Å². The fraction of sp³-hybridized carbons (Fsp3) is 0.619. The van der Waals surface area contributed by atoms with Gasteiger partial charge < -0.3 is 9.80 Å². The first kappa shape index (κ1) is 17.9. The summed E-state index contributed by atoms with van der Waals surface area (Å²) in [6, 6.07) is 13.1. The van der Waals surface area contributed by atoms with Gasteiger partial charge in [-0.15, -0.1) is 0 Å². The summed E-state index contributed by atoms with van der Waals surface area (Å²) in [6.45, 7) is 2.55. The smallest absolute Gasteiger partial charge is 0.222 e. The predicted octanol–water partition coefficient (Wildman–Crippen LogP) is 3.33. The van der Waals surface area contributed by atoms with Crippen molar-refractivity contribution in [3.63, 3.8) is 0 Å². The van der Waals surface area contributed by atoms with Crippen LogP contribution >= 0.6 is 0 Å². The maximum Gasteiger partial charge on any atom is 0.222 e. The van der Waals surface area contributed by atoms with Crippen LogP contribution in [0.2, 0.25) is 0 Å². The quantitative estimate of drug-likeness (QED) is 0.845. The summed E-state index contributed by atoms with van der Waals surface area (Å²) in [4.78, 5) is 17.0. The third kappa shape index (κ3) is 4.04. The number of nitriles is 1. The van der Waals surface area contributed by atoms with Crippen molar-refractivity contribution >= 4 is 5.91 Å². The van der Waals surface area contributed by atoms with Crippen LogP contribution in [0.1, 0.15) is 50.5 Å². The molecule has 4 nitrogen and oxygen atoms in total. The number of carbonyl (C=O) groups excluding carboxylic acids is 1. The van der Waals surface area contributed by atoms with E-state index in [-0.39, 0.29) is 5.91 Å². The molecule has 1 atom stereocenters. The summed E-state index contributed by atoms with van der Waals surface area (Å²) in [5, 5.41) is 9.76. The van der Waals surface area contributed by atoms with Crippen LogP contribution in [0.15, 0.2) is 30.3 Å². The number of amides is 1. The van der Waals surface area contributed by atoms with E-state index >= 15 is 0 Å². The SMILES string of the molecule is CN1CCCC[C@H]1CCC(=O)N1CCC(C#N)(c2ccccc2)CC1. The largest absolute Gasteiger partial charge is 0.343 e. The lowest BCUT2D eigenvalue weighted by Gasteiger charge is -2.38. The molecule has 2 fully saturated rings. The lowest BCUT2D eigenvalue weighted by Crippen LogP contribution is -2.45. The Morgan fingerprint density at radius 1 is 1.20 bits per heavy atom. The van der Waals surface area contributed by atoms with E-state index in [4.69, 9.17) is 0 Å². The molecular formula is C21H29N3O. The minimum absolute atomic E-state index is 0.263. The van der Waals surface area contributed by atoms with Crippen molar-refractivity contribution in [2.75, 3.05) is 26.7 Å². The van der Waals surface area contributed by atoms with Crippen molar-refractivity contribution in [3.05, 3.63) is 35.9 Å². The van der Waals surface area contributed by atoms with E-state index < -0.39 is 5.41 Å². The molecule has 2 saturated heterocycles. The Hall–Kier alpha value is -1.86. The number of likely N-dealkylation sites (tertiary alicyclic amines) is 2. The summed E-state index contributed by atoms with van der Waals surface area (Å²) >= 11 is 0. The molecule has 3 rings (SSSR count). The number of benzene rings is 1. The summed E-state index contributed by atoms with van der Waals surface area (Å²) in [5.41, 5.74) is 0.662. The van der Waals surface area contributed by atoms with E-state index in [1.165, 1.54) is 19.3 Å². The molecular weight excluding hydrogens is 310 g/mol. The molecule has 0 spiro atoms. The standard InChI is InChI=1S/C21H29N3O/c1-23-14-6-5-9-19(23)10-11-20(25)24-15-12-21(17-22,13-16-24)18-7-3-2-4-8-18/h2-4,7-8,19H,5-6,9-16H2,1H3/t19-/m0/s1. The highest BCUT2D eigenvalue weighted by Gasteiger charge is 2.37. The Balaban J connectivity index is 1.53. The number of hydrogen-bond donors (Lipinski definition) is 0. The molecule has 0 radical (unpaired) electrons. The van der Waals surface area contributed by atoms with Crippen LogP contribution in [0.5, 0.6) is 0 Å². The molecule has 0 N–H and O–H groups in total. The molecule has 0 bridgehead atoms. The fourth-order valence-corrected chi connectivity index (χ4v) is 4.32. The van der Waals surface area contributed by atoms with Crippen molar-refractivity contribution < 1.29 is 4.79 Å². The lowest BCUT2D eigenvalue weighted by molar-refractivity contribution is -0.133. The number of nitrogens with zero attached hydrogens (tertiary/aromatic N) is 3. The van der Waals surface area contributed by atoms with Gasteiger partial charge in [0.15, 0.2) is 0 Å². The zero-order valence-electron chi connectivity index (χ0n) is 15.3. The van der Waals surface area contributed by atoms with Gasteiger partial charge in [-0.1, -0.05) is 36.8 Å². The minimum atomic E-state index is -0.429. The third-order valence-electron chi connectivity index (χ3n) is 6.12. The Labute approximate surface area is 151 Å². The van der Waals surface area contributed by atoms with Crippen LogP contribution in [0, 0.1) is 11.3 Å². The summed E-state index contributed by atoms with van der Waals surface area (Å²) in [5.74, 6) is 0.263. The van der Waals surface area contributed by atoms with Crippen molar-refractivity contribution in [2.24, 2.45) is 0 Å². The second-order valence-electron chi connectivity index (χ2n) is 7.61. The Kier molecular flexibility index (Phi) is 5.75. The molecule has 0 aliphatic carbocycles. The minimum Gasteiger partial charge on any atom is -0.343 e. The van der Waals surface area contributed by atoms with E-state index in [9.17, 15) is 10.1 Å². The van der Waals surface area contributed by atoms with Gasteiger partial charge in [-0.05, 0) is 51.3 Å². The van der Waals surface area contributed by atoms with E-state index in [1.54, 1.807) is 0 Å². The summed E-state index contributed by atoms with van der Waals surface area (Å²) < 4.78 is 0. The molecule has 1 amide bonds. The summed E-state index contributed by atoms with van der Waals surface area (Å²) in [7, 11) is 2.18. The van der Waals surface area contributed by atoms with Gasteiger partial charge >= 0.3 is 0 Å². The molecule has 0 unspecified atom stereocenters. The number of rotatable bonds is 4. The van der Waals surface area contributed by atoms with Crippen LogP contribution in [-0.4, -0.2) is 48.4 Å². The van der Waals surface area contributed by atoms with Gasteiger partial charge in [-0.3, -0.25) is 4.79 Å². The molecule has 0 aromatic heterocycles. The maximum absolute atomic E-state index is 12.6. The third-order valence-corrected chi connectivity index (χ3v) is 6.12. The molecule has 134 valence electrons. The van der Waals surface area contributed by atoms with Crippen LogP contribution in [-0.2, 0) is 10.2 Å². The van der Waals surface area contributed by atoms with Crippen LogP contribution in [0.25, 0.3) is 0 Å². The first-order chi connectivity index (χ1) is 12.1. The molecule has 4 heteroatoms. The average Bonchev–Trinajstić information content (AvgIpc) is 2.68. The lowest BCUT2D eigenvalue weighted by atomic mass is 9.74. The van der Waals surface area contributed by atoms with Crippen molar-refractivity contribution in [2.45, 2.75) is 56.4 Å². The van der Waals surface area contributed by atoms with E-state index in [1.807, 2.05) is 35.2 Å². The molecule has 1 aromatic rings. The van der Waals surface area contributed by atoms with Gasteiger partial charge in [0.25, 0.3) is 0 Å². The number of hydrogen-bond acceptors (Lipinski definition) is 3. The van der Waals surface area contributed by atoms with Gasteiger partial charge in [0.05, 0.1) is 11.5 Å². The molecule has 0 saturated carbocycles. The molecule has 2 aliphatic heterocycles. The zero-order valence-corrected chi connectivity index (χ0v) is 15.3. The summed E-state index contributed by atoms with van der Waals surface area (Å²) in [6.07, 6.45) is 6.87. The van der Waals surface area contributed by atoms with Gasteiger partial charge in [0, 0.05) is 25.6 Å². The molecule has 2 heterocycles. The van der Waals surface area contributed by atoms with E-state index in [0.29, 0.717) is 25.6 Å². The maximum atomic E-state index is 12.6. The molecule has 2 aliphatic rings. The topological polar surface area (TPSA) is 47.3 Å². The Bertz CT molecular complexity index is 614. The highest BCUT2D eigenvalue weighted by atomic mass is 16.2. The molecule has 25 heavy (non-hydrogen) atoms. The average molecular weight is 339 g/mol. The number of piperidine rings is 2. The molecule has 1 aromatic carbocycles. The van der Waals surface area contributed by atoms with Crippen LogP contribution < -0.4 is 0 Å². The first-order valence-electron chi connectivity index (χ1n) is 9.59. The first-order valence-corrected chi connectivity index (χ1v) is 9.59. The Morgan fingerprint density at radius 2 is 1.92 bits per heavy atom. The second-order valence-corrected chi connectivity index (χ2v) is 7.61.